The van der Waals surface area contributed by atoms with E-state index in [1.807, 2.05) is 0 Å². The van der Waals surface area contributed by atoms with Crippen molar-refractivity contribution in [2.24, 2.45) is 5.73 Å². The first-order valence-corrected chi connectivity index (χ1v) is 5.46. The maximum atomic E-state index is 5.73. The molecule has 0 radical (unpaired) electrons. The number of nitrogens with two attached hydrogens (primary N) is 1. The van der Waals surface area contributed by atoms with Gasteiger partial charge in [0.2, 0.25) is 0 Å². The molecule has 0 aliphatic heterocycles. The second-order valence-electron chi connectivity index (χ2n) is 3.73. The summed E-state index contributed by atoms with van der Waals surface area (Å²) < 4.78 is 0. The van der Waals surface area contributed by atoms with E-state index in [0.717, 1.165) is 6.54 Å². The van der Waals surface area contributed by atoms with Gasteiger partial charge in [0, 0.05) is 6.54 Å². The fraction of sp³-hybridized carbons (Fsp3) is 0.667. The molecule has 1 aliphatic carbocycles. The van der Waals surface area contributed by atoms with Gasteiger partial charge in [-0.1, -0.05) is 31.1 Å². The van der Waals surface area contributed by atoms with Crippen molar-refractivity contribution in [2.45, 2.75) is 45.4 Å². The quantitative estimate of drug-likeness (QED) is 0.704. The van der Waals surface area contributed by atoms with E-state index in [4.69, 9.17) is 5.73 Å². The molecular weight excluding hydrogens is 158 g/mol. The number of rotatable bonds is 4. The molecule has 0 amide bonds. The number of unbranched alkanes of at least 4 members (excludes halogenated alkanes) is 1. The molecule has 0 saturated carbocycles. The molecule has 1 heteroatoms. The van der Waals surface area contributed by atoms with Gasteiger partial charge in [-0.15, -0.1) is 0 Å². The highest BCUT2D eigenvalue weighted by Crippen LogP contribution is 2.22. The molecule has 0 atom stereocenters. The average Bonchev–Trinajstić information content (AvgIpc) is 2.39. The normalized spacial score (nSPS) is 17.7. The van der Waals surface area contributed by atoms with Gasteiger partial charge in [0.05, 0.1) is 0 Å². The highest BCUT2D eigenvalue weighted by molar-refractivity contribution is 5.28. The zero-order chi connectivity index (χ0) is 9.52. The summed E-state index contributed by atoms with van der Waals surface area (Å²) in [5, 5.41) is 0. The summed E-state index contributed by atoms with van der Waals surface area (Å²) in [6.07, 6.45) is 12.1. The Bertz CT molecular complexity index is 201. The van der Waals surface area contributed by atoms with Crippen molar-refractivity contribution in [3.8, 4) is 0 Å². The van der Waals surface area contributed by atoms with Crippen molar-refractivity contribution in [3.05, 3.63) is 23.3 Å². The summed E-state index contributed by atoms with van der Waals surface area (Å²) in [5.74, 6) is 0. The fourth-order valence-corrected chi connectivity index (χ4v) is 1.83. The van der Waals surface area contributed by atoms with Crippen LogP contribution in [-0.4, -0.2) is 6.54 Å². The molecule has 0 aromatic carbocycles. The van der Waals surface area contributed by atoms with Crippen LogP contribution in [0.15, 0.2) is 23.3 Å². The first kappa shape index (κ1) is 10.5. The Morgan fingerprint density at radius 1 is 1.46 bits per heavy atom. The summed E-state index contributed by atoms with van der Waals surface area (Å²) >= 11 is 0. The average molecular weight is 179 g/mol. The van der Waals surface area contributed by atoms with Crippen LogP contribution < -0.4 is 5.73 Å². The van der Waals surface area contributed by atoms with E-state index in [2.05, 4.69) is 19.1 Å². The maximum absolute atomic E-state index is 5.73. The second kappa shape index (κ2) is 5.98. The van der Waals surface area contributed by atoms with Crippen LogP contribution in [0.1, 0.15) is 45.4 Å². The summed E-state index contributed by atoms with van der Waals surface area (Å²) in [6.45, 7) is 2.96. The van der Waals surface area contributed by atoms with Crippen LogP contribution in [0.25, 0.3) is 0 Å². The van der Waals surface area contributed by atoms with Gasteiger partial charge in [-0.25, -0.2) is 0 Å². The molecule has 0 fully saturated rings. The van der Waals surface area contributed by atoms with Crippen LogP contribution in [0.2, 0.25) is 0 Å². The van der Waals surface area contributed by atoms with Crippen molar-refractivity contribution in [1.29, 1.82) is 0 Å². The van der Waals surface area contributed by atoms with Gasteiger partial charge >= 0.3 is 0 Å². The second-order valence-corrected chi connectivity index (χ2v) is 3.73. The standard InChI is InChI=1S/C12H21N/c1-2-3-7-11-8-5-4-6-9-12(11)10-13/h6,9H,2-5,7-8,10,13H2,1H3. The van der Waals surface area contributed by atoms with Crippen molar-refractivity contribution < 1.29 is 0 Å². The van der Waals surface area contributed by atoms with Gasteiger partial charge in [0.1, 0.15) is 0 Å². The van der Waals surface area contributed by atoms with E-state index >= 15 is 0 Å². The molecule has 0 aromatic rings. The van der Waals surface area contributed by atoms with E-state index in [-0.39, 0.29) is 0 Å². The first-order chi connectivity index (χ1) is 6.38. The van der Waals surface area contributed by atoms with E-state index in [1.54, 1.807) is 5.57 Å². The van der Waals surface area contributed by atoms with Gasteiger partial charge in [-0.3, -0.25) is 0 Å². The van der Waals surface area contributed by atoms with Gasteiger partial charge in [0.15, 0.2) is 0 Å². The van der Waals surface area contributed by atoms with E-state index in [0.29, 0.717) is 0 Å². The molecule has 0 saturated heterocycles. The molecule has 0 bridgehead atoms. The minimum absolute atomic E-state index is 0.718. The minimum atomic E-state index is 0.718. The zero-order valence-electron chi connectivity index (χ0n) is 8.68. The number of allylic oxidation sites excluding steroid dienone is 2. The Labute approximate surface area is 81.7 Å². The lowest BCUT2D eigenvalue weighted by molar-refractivity contribution is 0.725. The fourth-order valence-electron chi connectivity index (χ4n) is 1.83. The van der Waals surface area contributed by atoms with Crippen LogP contribution in [0.4, 0.5) is 0 Å². The third-order valence-corrected chi connectivity index (χ3v) is 2.67. The van der Waals surface area contributed by atoms with Crippen molar-refractivity contribution in [2.75, 3.05) is 6.54 Å². The first-order valence-electron chi connectivity index (χ1n) is 5.46. The van der Waals surface area contributed by atoms with Crippen LogP contribution in [0, 0.1) is 0 Å². The minimum Gasteiger partial charge on any atom is -0.326 e. The van der Waals surface area contributed by atoms with Gasteiger partial charge < -0.3 is 5.73 Å². The number of hydrogen-bond acceptors (Lipinski definition) is 1. The summed E-state index contributed by atoms with van der Waals surface area (Å²) in [7, 11) is 0. The molecule has 1 rings (SSSR count). The van der Waals surface area contributed by atoms with Crippen LogP contribution in [0.5, 0.6) is 0 Å². The Kier molecular flexibility index (Phi) is 4.84. The molecule has 13 heavy (non-hydrogen) atoms. The summed E-state index contributed by atoms with van der Waals surface area (Å²) in [5.41, 5.74) is 8.73. The van der Waals surface area contributed by atoms with Gasteiger partial charge in [-0.2, -0.15) is 0 Å². The molecular formula is C12H21N. The molecule has 0 aromatic heterocycles. The largest absolute Gasteiger partial charge is 0.326 e. The highest BCUT2D eigenvalue weighted by Gasteiger charge is 2.05. The number of hydrogen-bond donors (Lipinski definition) is 1. The molecule has 1 aliphatic rings. The van der Waals surface area contributed by atoms with Crippen LogP contribution in [0.3, 0.4) is 0 Å². The van der Waals surface area contributed by atoms with E-state index in [9.17, 15) is 0 Å². The third kappa shape index (κ3) is 3.35. The lowest BCUT2D eigenvalue weighted by Crippen LogP contribution is -2.04. The molecule has 2 N–H and O–H groups in total. The summed E-state index contributed by atoms with van der Waals surface area (Å²) in [6, 6.07) is 0. The topological polar surface area (TPSA) is 26.0 Å². The zero-order valence-corrected chi connectivity index (χ0v) is 8.68. The Morgan fingerprint density at radius 3 is 3.00 bits per heavy atom. The monoisotopic (exact) mass is 179 g/mol. The molecule has 1 nitrogen and oxygen atoms in total. The molecule has 0 unspecified atom stereocenters. The lowest BCUT2D eigenvalue weighted by atomic mass is 9.99. The molecule has 0 spiro atoms. The van der Waals surface area contributed by atoms with Crippen molar-refractivity contribution >= 4 is 0 Å². The Hall–Kier alpha value is -0.560. The predicted molar refractivity (Wildman–Crippen MR) is 58.6 cm³/mol. The molecule has 0 heterocycles. The van der Waals surface area contributed by atoms with Crippen LogP contribution >= 0.6 is 0 Å². The highest BCUT2D eigenvalue weighted by atomic mass is 14.5. The third-order valence-electron chi connectivity index (χ3n) is 2.67. The van der Waals surface area contributed by atoms with E-state index in [1.165, 1.54) is 44.1 Å². The Morgan fingerprint density at radius 2 is 2.31 bits per heavy atom. The van der Waals surface area contributed by atoms with E-state index < -0.39 is 0 Å². The predicted octanol–water partition coefficient (Wildman–Crippen LogP) is 3.17. The SMILES string of the molecule is CCCCC1=C(CN)C=CCCC1. The van der Waals surface area contributed by atoms with Crippen LogP contribution in [-0.2, 0) is 0 Å². The Balaban J connectivity index is 2.61. The van der Waals surface area contributed by atoms with Gasteiger partial charge in [-0.05, 0) is 37.7 Å². The lowest BCUT2D eigenvalue weighted by Gasteiger charge is -2.08. The van der Waals surface area contributed by atoms with Crippen molar-refractivity contribution in [3.63, 3.8) is 0 Å². The van der Waals surface area contributed by atoms with Gasteiger partial charge in [0.25, 0.3) is 0 Å². The molecule has 74 valence electrons. The van der Waals surface area contributed by atoms with Crippen molar-refractivity contribution in [1.82, 2.24) is 0 Å². The summed E-state index contributed by atoms with van der Waals surface area (Å²) in [4.78, 5) is 0. The maximum Gasteiger partial charge on any atom is 0.0177 e. The smallest absolute Gasteiger partial charge is 0.0177 e.